The fraction of sp³-hybridized carbons (Fsp3) is 0.235. The molecule has 2 aromatic heterocycles. The first-order valence-corrected chi connectivity index (χ1v) is 7.70. The van der Waals surface area contributed by atoms with Gasteiger partial charge in [0.2, 0.25) is 5.95 Å². The number of hydrogen-bond donors (Lipinski definition) is 2. The summed E-state index contributed by atoms with van der Waals surface area (Å²) in [6.45, 7) is 1.08. The maximum atomic E-state index is 12.8. The van der Waals surface area contributed by atoms with Gasteiger partial charge in [-0.1, -0.05) is 0 Å². The van der Waals surface area contributed by atoms with Crippen LogP contribution >= 0.6 is 0 Å². The topological polar surface area (TPSA) is 97.1 Å². The van der Waals surface area contributed by atoms with Crippen LogP contribution in [0.5, 0.6) is 5.75 Å². The predicted octanol–water partition coefficient (Wildman–Crippen LogP) is 1.75. The normalized spacial score (nSPS) is 13.8. The van der Waals surface area contributed by atoms with Crippen LogP contribution in [0.25, 0.3) is 10.9 Å². The van der Waals surface area contributed by atoms with Crippen molar-refractivity contribution in [3.63, 3.8) is 0 Å². The fourth-order valence-electron chi connectivity index (χ4n) is 3.01. The molecule has 24 heavy (non-hydrogen) atoms. The summed E-state index contributed by atoms with van der Waals surface area (Å²) in [5.41, 5.74) is 8.95. The second-order valence-electron chi connectivity index (χ2n) is 5.81. The third-order valence-electron chi connectivity index (χ3n) is 4.31. The van der Waals surface area contributed by atoms with E-state index in [-0.39, 0.29) is 11.9 Å². The van der Waals surface area contributed by atoms with Gasteiger partial charge in [-0.05, 0) is 30.2 Å². The number of methoxy groups -OCH3 is 1. The molecule has 1 aliphatic heterocycles. The molecule has 0 saturated carbocycles. The number of fused-ring (bicyclic) bond motifs is 2. The molecule has 0 unspecified atom stereocenters. The van der Waals surface area contributed by atoms with E-state index in [1.807, 2.05) is 24.3 Å². The van der Waals surface area contributed by atoms with E-state index >= 15 is 0 Å². The summed E-state index contributed by atoms with van der Waals surface area (Å²) in [7, 11) is 1.62. The SMILES string of the molecule is COc1ccc2cc(C(=O)N3CCc4cnc(N)nc4C3)[nH]c2c1. The Balaban J connectivity index is 1.62. The van der Waals surface area contributed by atoms with Gasteiger partial charge in [-0.3, -0.25) is 4.79 Å². The summed E-state index contributed by atoms with van der Waals surface area (Å²) < 4.78 is 5.22. The van der Waals surface area contributed by atoms with Gasteiger partial charge in [0.25, 0.3) is 5.91 Å². The first kappa shape index (κ1) is 14.5. The number of nitrogen functional groups attached to an aromatic ring is 1. The number of H-pyrrole nitrogens is 1. The van der Waals surface area contributed by atoms with Crippen LogP contribution in [0.15, 0.2) is 30.5 Å². The lowest BCUT2D eigenvalue weighted by atomic mass is 10.1. The Morgan fingerprint density at radius 3 is 3.08 bits per heavy atom. The van der Waals surface area contributed by atoms with Gasteiger partial charge in [0.15, 0.2) is 0 Å². The van der Waals surface area contributed by atoms with Gasteiger partial charge in [0.1, 0.15) is 11.4 Å². The maximum Gasteiger partial charge on any atom is 0.270 e. The van der Waals surface area contributed by atoms with Crippen LogP contribution in [-0.4, -0.2) is 39.4 Å². The van der Waals surface area contributed by atoms with Crippen LogP contribution in [0.1, 0.15) is 21.7 Å². The summed E-state index contributed by atoms with van der Waals surface area (Å²) in [6, 6.07) is 7.55. The Labute approximate surface area is 138 Å². The highest BCUT2D eigenvalue weighted by molar-refractivity contribution is 5.98. The summed E-state index contributed by atoms with van der Waals surface area (Å²) in [4.78, 5) is 26.0. The number of aromatic amines is 1. The molecule has 1 aliphatic rings. The standard InChI is InChI=1S/C17H17N5O2/c1-24-12-3-2-10-6-14(20-13(10)7-12)16(23)22-5-4-11-8-19-17(18)21-15(11)9-22/h2-3,6-8,20H,4-5,9H2,1H3,(H2,18,19,21). The summed E-state index contributed by atoms with van der Waals surface area (Å²) in [5.74, 6) is 0.941. The summed E-state index contributed by atoms with van der Waals surface area (Å²) >= 11 is 0. The smallest absolute Gasteiger partial charge is 0.270 e. The van der Waals surface area contributed by atoms with Crippen molar-refractivity contribution >= 4 is 22.8 Å². The van der Waals surface area contributed by atoms with E-state index in [9.17, 15) is 4.79 Å². The highest BCUT2D eigenvalue weighted by Crippen LogP contribution is 2.23. The minimum Gasteiger partial charge on any atom is -0.497 e. The van der Waals surface area contributed by atoms with Gasteiger partial charge >= 0.3 is 0 Å². The number of nitrogens with zero attached hydrogens (tertiary/aromatic N) is 3. The molecule has 0 aliphatic carbocycles. The number of nitrogens with two attached hydrogens (primary N) is 1. The van der Waals surface area contributed by atoms with Crippen LogP contribution in [0.4, 0.5) is 5.95 Å². The van der Waals surface area contributed by atoms with Crippen LogP contribution < -0.4 is 10.5 Å². The average Bonchev–Trinajstić information content (AvgIpc) is 3.03. The van der Waals surface area contributed by atoms with Crippen LogP contribution in [0.3, 0.4) is 0 Å². The molecule has 0 bridgehead atoms. The monoisotopic (exact) mass is 323 g/mol. The lowest BCUT2D eigenvalue weighted by molar-refractivity contribution is 0.0726. The minimum atomic E-state index is -0.0481. The number of carbonyl (C=O) groups excluding carboxylic acids is 1. The van der Waals surface area contributed by atoms with Crippen molar-refractivity contribution in [3.8, 4) is 5.75 Å². The van der Waals surface area contributed by atoms with Gasteiger partial charge in [0, 0.05) is 29.7 Å². The van der Waals surface area contributed by atoms with E-state index in [2.05, 4.69) is 15.0 Å². The zero-order valence-corrected chi connectivity index (χ0v) is 13.2. The Morgan fingerprint density at radius 2 is 2.25 bits per heavy atom. The molecule has 7 heteroatoms. The summed E-state index contributed by atoms with van der Waals surface area (Å²) in [6.07, 6.45) is 2.48. The van der Waals surface area contributed by atoms with E-state index in [0.29, 0.717) is 18.8 Å². The molecule has 0 radical (unpaired) electrons. The number of anilines is 1. The van der Waals surface area contributed by atoms with E-state index in [0.717, 1.165) is 34.3 Å². The first-order valence-electron chi connectivity index (χ1n) is 7.70. The van der Waals surface area contributed by atoms with Crippen molar-refractivity contribution in [2.45, 2.75) is 13.0 Å². The lowest BCUT2D eigenvalue weighted by Gasteiger charge is -2.27. The molecule has 3 heterocycles. The first-order chi connectivity index (χ1) is 11.6. The molecule has 0 atom stereocenters. The Bertz CT molecular complexity index is 934. The van der Waals surface area contributed by atoms with Crippen molar-refractivity contribution in [1.29, 1.82) is 0 Å². The Kier molecular flexibility index (Phi) is 3.34. The van der Waals surface area contributed by atoms with Gasteiger partial charge < -0.3 is 20.4 Å². The van der Waals surface area contributed by atoms with E-state index in [1.165, 1.54) is 0 Å². The van der Waals surface area contributed by atoms with E-state index in [4.69, 9.17) is 10.5 Å². The number of benzene rings is 1. The molecule has 3 N–H and O–H groups in total. The van der Waals surface area contributed by atoms with Crippen LogP contribution in [0, 0.1) is 0 Å². The number of carbonyl (C=O) groups is 1. The molecule has 4 rings (SSSR count). The highest BCUT2D eigenvalue weighted by atomic mass is 16.5. The van der Waals surface area contributed by atoms with Gasteiger partial charge in [-0.25, -0.2) is 9.97 Å². The molecular weight excluding hydrogens is 306 g/mol. The largest absolute Gasteiger partial charge is 0.497 e. The van der Waals surface area contributed by atoms with Crippen LogP contribution in [-0.2, 0) is 13.0 Å². The molecule has 1 aromatic carbocycles. The third kappa shape index (κ3) is 2.44. The molecular formula is C17H17N5O2. The van der Waals surface area contributed by atoms with Crippen LogP contribution in [0.2, 0.25) is 0 Å². The quantitative estimate of drug-likeness (QED) is 0.749. The zero-order valence-electron chi connectivity index (χ0n) is 13.2. The van der Waals surface area contributed by atoms with Crippen molar-refractivity contribution in [2.75, 3.05) is 19.4 Å². The summed E-state index contributed by atoms with van der Waals surface area (Å²) in [5, 5.41) is 0.975. The van der Waals surface area contributed by atoms with Crippen molar-refractivity contribution in [2.24, 2.45) is 0 Å². The molecule has 1 amide bonds. The molecule has 122 valence electrons. The molecule has 0 saturated heterocycles. The molecule has 0 fully saturated rings. The number of rotatable bonds is 2. The molecule has 3 aromatic rings. The van der Waals surface area contributed by atoms with Crippen molar-refractivity contribution < 1.29 is 9.53 Å². The van der Waals surface area contributed by atoms with Gasteiger partial charge in [-0.15, -0.1) is 0 Å². The zero-order chi connectivity index (χ0) is 16.7. The third-order valence-corrected chi connectivity index (χ3v) is 4.31. The Morgan fingerprint density at radius 1 is 1.38 bits per heavy atom. The number of amides is 1. The van der Waals surface area contributed by atoms with Crippen molar-refractivity contribution in [1.82, 2.24) is 19.9 Å². The second kappa shape index (κ2) is 5.52. The van der Waals surface area contributed by atoms with E-state index < -0.39 is 0 Å². The fourth-order valence-corrected chi connectivity index (χ4v) is 3.01. The van der Waals surface area contributed by atoms with Gasteiger partial charge in [0.05, 0.1) is 19.3 Å². The average molecular weight is 323 g/mol. The van der Waals surface area contributed by atoms with Crippen molar-refractivity contribution in [3.05, 3.63) is 47.4 Å². The predicted molar refractivity (Wildman–Crippen MR) is 89.7 cm³/mol. The lowest BCUT2D eigenvalue weighted by Crippen LogP contribution is -2.36. The Hall–Kier alpha value is -3.09. The number of hydrogen-bond acceptors (Lipinski definition) is 5. The molecule has 0 spiro atoms. The minimum absolute atomic E-state index is 0.0481. The van der Waals surface area contributed by atoms with Gasteiger partial charge in [-0.2, -0.15) is 0 Å². The number of aromatic nitrogens is 3. The number of ether oxygens (including phenoxy) is 1. The van der Waals surface area contributed by atoms with E-state index in [1.54, 1.807) is 18.2 Å². The number of nitrogens with one attached hydrogen (secondary N) is 1. The molecule has 7 nitrogen and oxygen atoms in total. The highest BCUT2D eigenvalue weighted by Gasteiger charge is 2.24. The second-order valence-corrected chi connectivity index (χ2v) is 5.81. The maximum absolute atomic E-state index is 12.8.